The van der Waals surface area contributed by atoms with Crippen molar-refractivity contribution in [1.82, 2.24) is 0 Å². The lowest BCUT2D eigenvalue weighted by atomic mass is 9.95. The Morgan fingerprint density at radius 2 is 1.77 bits per heavy atom. The summed E-state index contributed by atoms with van der Waals surface area (Å²) in [4.78, 5) is 27.0. The molecule has 112 valence electrons. The lowest BCUT2D eigenvalue weighted by Crippen LogP contribution is -2.30. The van der Waals surface area contributed by atoms with E-state index in [0.29, 0.717) is 18.5 Å². The van der Waals surface area contributed by atoms with Gasteiger partial charge in [0.1, 0.15) is 5.92 Å². The van der Waals surface area contributed by atoms with Crippen LogP contribution in [0.15, 0.2) is 54.6 Å². The molecule has 1 N–H and O–H groups in total. The van der Waals surface area contributed by atoms with Crippen molar-refractivity contribution in [3.05, 3.63) is 60.2 Å². The fourth-order valence-electron chi connectivity index (χ4n) is 2.89. The first-order valence-corrected chi connectivity index (χ1v) is 7.40. The molecule has 22 heavy (non-hydrogen) atoms. The molecule has 1 aliphatic heterocycles. The van der Waals surface area contributed by atoms with Crippen LogP contribution in [-0.2, 0) is 4.79 Å². The minimum atomic E-state index is -0.588. The van der Waals surface area contributed by atoms with Crippen molar-refractivity contribution in [3.8, 4) is 0 Å². The zero-order valence-electron chi connectivity index (χ0n) is 12.5. The van der Waals surface area contributed by atoms with Gasteiger partial charge >= 0.3 is 0 Å². The molecule has 1 unspecified atom stereocenters. The van der Waals surface area contributed by atoms with Gasteiger partial charge in [0.05, 0.1) is 0 Å². The zero-order chi connectivity index (χ0) is 15.5. The number of benzene rings is 2. The molecule has 3 rings (SSSR count). The molecular formula is C18H18N2O2. The van der Waals surface area contributed by atoms with E-state index < -0.39 is 5.92 Å². The molecule has 1 aliphatic rings. The van der Waals surface area contributed by atoms with Gasteiger partial charge in [-0.25, -0.2) is 0 Å². The molecule has 0 aliphatic carbocycles. The number of nitrogens with one attached hydrogen (secondary N) is 1. The van der Waals surface area contributed by atoms with Crippen molar-refractivity contribution < 1.29 is 9.59 Å². The fraction of sp³-hybridized carbons (Fsp3) is 0.222. The average molecular weight is 294 g/mol. The van der Waals surface area contributed by atoms with Gasteiger partial charge in [0.15, 0.2) is 5.78 Å². The van der Waals surface area contributed by atoms with Crippen molar-refractivity contribution in [2.45, 2.75) is 6.42 Å². The Bertz CT molecular complexity index is 697. The van der Waals surface area contributed by atoms with Crippen molar-refractivity contribution >= 4 is 23.1 Å². The highest BCUT2D eigenvalue weighted by Gasteiger charge is 2.38. The van der Waals surface area contributed by atoms with E-state index in [4.69, 9.17) is 0 Å². The number of carbonyl (C=O) groups is 2. The second-order valence-corrected chi connectivity index (χ2v) is 5.33. The first kappa shape index (κ1) is 14.3. The van der Waals surface area contributed by atoms with Gasteiger partial charge in [0.25, 0.3) is 0 Å². The second kappa shape index (κ2) is 6.02. The largest absolute Gasteiger partial charge is 0.388 e. The third kappa shape index (κ3) is 2.48. The van der Waals surface area contributed by atoms with Gasteiger partial charge in [-0.15, -0.1) is 0 Å². The van der Waals surface area contributed by atoms with Crippen LogP contribution in [0.3, 0.4) is 0 Å². The van der Waals surface area contributed by atoms with E-state index in [1.807, 2.05) is 48.5 Å². The number of hydrogen-bond acceptors (Lipinski definition) is 3. The molecule has 1 atom stereocenters. The number of amides is 1. The van der Waals surface area contributed by atoms with E-state index >= 15 is 0 Å². The van der Waals surface area contributed by atoms with Crippen LogP contribution < -0.4 is 10.2 Å². The number of Topliss-reactive ketones (excluding diaryl/α,β-unsaturated/α-hetero) is 1. The van der Waals surface area contributed by atoms with E-state index in [0.717, 1.165) is 11.4 Å². The first-order chi connectivity index (χ1) is 10.7. The van der Waals surface area contributed by atoms with Gasteiger partial charge in [0, 0.05) is 30.5 Å². The summed E-state index contributed by atoms with van der Waals surface area (Å²) in [6.07, 6.45) is 0.560. The lowest BCUT2D eigenvalue weighted by Gasteiger charge is -2.17. The van der Waals surface area contributed by atoms with Crippen molar-refractivity contribution in [2.24, 2.45) is 5.92 Å². The number of rotatable bonds is 4. The van der Waals surface area contributed by atoms with E-state index in [2.05, 4.69) is 5.32 Å². The van der Waals surface area contributed by atoms with Crippen molar-refractivity contribution in [2.75, 3.05) is 23.8 Å². The van der Waals surface area contributed by atoms with E-state index in [9.17, 15) is 9.59 Å². The number of anilines is 2. The maximum atomic E-state index is 12.7. The van der Waals surface area contributed by atoms with Gasteiger partial charge < -0.3 is 10.2 Å². The first-order valence-electron chi connectivity index (χ1n) is 7.40. The lowest BCUT2D eigenvalue weighted by molar-refractivity contribution is -0.119. The molecule has 4 heteroatoms. The number of hydrogen-bond donors (Lipinski definition) is 1. The molecule has 0 radical (unpaired) electrons. The molecule has 0 spiro atoms. The van der Waals surface area contributed by atoms with Crippen LogP contribution >= 0.6 is 0 Å². The summed E-state index contributed by atoms with van der Waals surface area (Å²) in [5.41, 5.74) is 2.20. The molecule has 1 fully saturated rings. The Labute approximate surface area is 129 Å². The van der Waals surface area contributed by atoms with Crippen LogP contribution in [0, 0.1) is 5.92 Å². The predicted octanol–water partition coefficient (Wildman–Crippen LogP) is 2.96. The van der Waals surface area contributed by atoms with Gasteiger partial charge in [-0.3, -0.25) is 9.59 Å². The molecule has 4 nitrogen and oxygen atoms in total. The summed E-state index contributed by atoms with van der Waals surface area (Å²) < 4.78 is 0. The Balaban J connectivity index is 1.85. The molecule has 1 amide bonds. The molecule has 2 aromatic rings. The minimum absolute atomic E-state index is 0.103. The monoisotopic (exact) mass is 294 g/mol. The average Bonchev–Trinajstić information content (AvgIpc) is 2.96. The fourth-order valence-corrected chi connectivity index (χ4v) is 2.89. The highest BCUT2D eigenvalue weighted by atomic mass is 16.2. The Kier molecular flexibility index (Phi) is 3.92. The van der Waals surface area contributed by atoms with Crippen LogP contribution in [0.25, 0.3) is 0 Å². The summed E-state index contributed by atoms with van der Waals surface area (Å²) >= 11 is 0. The number of carbonyl (C=O) groups excluding carboxylic acids is 2. The molecule has 0 saturated carbocycles. The predicted molar refractivity (Wildman–Crippen MR) is 87.2 cm³/mol. The summed E-state index contributed by atoms with van der Waals surface area (Å²) in [7, 11) is 1.78. The Morgan fingerprint density at radius 1 is 1.09 bits per heavy atom. The third-order valence-electron chi connectivity index (χ3n) is 4.05. The van der Waals surface area contributed by atoms with Gasteiger partial charge in [-0.05, 0) is 30.7 Å². The summed E-state index contributed by atoms with van der Waals surface area (Å²) in [6, 6.07) is 16.8. The summed E-state index contributed by atoms with van der Waals surface area (Å²) in [5.74, 6) is -0.801. The van der Waals surface area contributed by atoms with Crippen LogP contribution in [0.5, 0.6) is 0 Å². The normalized spacial score (nSPS) is 17.6. The maximum absolute atomic E-state index is 12.7. The second-order valence-electron chi connectivity index (χ2n) is 5.33. The van der Waals surface area contributed by atoms with Crippen molar-refractivity contribution in [3.63, 3.8) is 0 Å². The smallest absolute Gasteiger partial charge is 0.238 e. The van der Waals surface area contributed by atoms with Crippen LogP contribution in [0.4, 0.5) is 11.4 Å². The Morgan fingerprint density at radius 3 is 2.50 bits per heavy atom. The highest BCUT2D eigenvalue weighted by molar-refractivity contribution is 6.17. The molecule has 1 saturated heterocycles. The molecule has 1 heterocycles. The van der Waals surface area contributed by atoms with Gasteiger partial charge in [-0.2, -0.15) is 0 Å². The van der Waals surface area contributed by atoms with E-state index in [-0.39, 0.29) is 11.7 Å². The SMILES string of the molecule is CNc1ccccc1C(=O)C1CCN(c2ccccc2)C1=O. The van der Waals surface area contributed by atoms with Gasteiger partial charge in [-0.1, -0.05) is 30.3 Å². The maximum Gasteiger partial charge on any atom is 0.238 e. The quantitative estimate of drug-likeness (QED) is 0.696. The van der Waals surface area contributed by atoms with Crippen LogP contribution in [-0.4, -0.2) is 25.3 Å². The van der Waals surface area contributed by atoms with Crippen molar-refractivity contribution in [1.29, 1.82) is 0 Å². The zero-order valence-corrected chi connectivity index (χ0v) is 12.5. The van der Waals surface area contributed by atoms with Crippen LogP contribution in [0.1, 0.15) is 16.8 Å². The van der Waals surface area contributed by atoms with Crippen LogP contribution in [0.2, 0.25) is 0 Å². The Hall–Kier alpha value is -2.62. The standard InChI is InChI=1S/C18H18N2O2/c1-19-16-10-6-5-9-14(16)17(21)15-11-12-20(18(15)22)13-7-3-2-4-8-13/h2-10,15,19H,11-12H2,1H3. The number of ketones is 1. The summed E-state index contributed by atoms with van der Waals surface area (Å²) in [5, 5.41) is 3.01. The summed E-state index contributed by atoms with van der Waals surface area (Å²) in [6.45, 7) is 0.584. The van der Waals surface area contributed by atoms with E-state index in [1.165, 1.54) is 0 Å². The number of para-hydroxylation sites is 2. The molecular weight excluding hydrogens is 276 g/mol. The topological polar surface area (TPSA) is 49.4 Å². The van der Waals surface area contributed by atoms with Gasteiger partial charge in [0.2, 0.25) is 5.91 Å². The highest BCUT2D eigenvalue weighted by Crippen LogP contribution is 2.29. The molecule has 0 bridgehead atoms. The number of nitrogens with zero attached hydrogens (tertiary/aromatic N) is 1. The van der Waals surface area contributed by atoms with E-state index in [1.54, 1.807) is 18.0 Å². The molecule has 2 aromatic carbocycles. The third-order valence-corrected chi connectivity index (χ3v) is 4.05. The molecule has 0 aromatic heterocycles. The minimum Gasteiger partial charge on any atom is -0.388 e.